The van der Waals surface area contributed by atoms with Gasteiger partial charge in [-0.2, -0.15) is 14.6 Å². The lowest BCUT2D eigenvalue weighted by atomic mass is 9.87. The van der Waals surface area contributed by atoms with E-state index < -0.39 is 5.56 Å². The van der Waals surface area contributed by atoms with Gasteiger partial charge >= 0.3 is 0 Å². The number of fused-ring (bicyclic) bond motifs is 1. The van der Waals surface area contributed by atoms with Crippen LogP contribution < -0.4 is 20.4 Å². The molecule has 31 heavy (non-hydrogen) atoms. The Labute approximate surface area is 183 Å². The van der Waals surface area contributed by atoms with E-state index in [2.05, 4.69) is 43.0 Å². The maximum absolute atomic E-state index is 12.9. The molecular weight excluding hydrogens is 410 g/mol. The summed E-state index contributed by atoms with van der Waals surface area (Å²) in [5.74, 6) is 0.734. The van der Waals surface area contributed by atoms with Crippen LogP contribution in [-0.2, 0) is 11.8 Å². The summed E-state index contributed by atoms with van der Waals surface area (Å²) < 4.78 is 6.87. The molecule has 0 fully saturated rings. The monoisotopic (exact) mass is 433 g/mol. The van der Waals surface area contributed by atoms with E-state index in [4.69, 9.17) is 4.74 Å². The lowest BCUT2D eigenvalue weighted by Gasteiger charge is -2.18. The number of aromatic nitrogens is 3. The van der Waals surface area contributed by atoms with Gasteiger partial charge in [-0.25, -0.2) is 0 Å². The van der Waals surface area contributed by atoms with Crippen molar-refractivity contribution in [2.45, 2.75) is 32.6 Å². The summed E-state index contributed by atoms with van der Waals surface area (Å²) in [7, 11) is 1.60. The molecule has 0 aliphatic heterocycles. The quantitative estimate of drug-likeness (QED) is 0.495. The highest BCUT2D eigenvalue weighted by molar-refractivity contribution is 7.15. The fraction of sp³-hybridized carbons (Fsp3) is 0.250. The minimum atomic E-state index is -0.418. The van der Waals surface area contributed by atoms with Crippen molar-refractivity contribution in [1.82, 2.24) is 14.6 Å². The number of thiazole rings is 1. The molecule has 0 N–H and O–H groups in total. The molecule has 0 saturated carbocycles. The van der Waals surface area contributed by atoms with Gasteiger partial charge in [0.25, 0.3) is 11.1 Å². The van der Waals surface area contributed by atoms with E-state index in [1.807, 2.05) is 42.5 Å². The van der Waals surface area contributed by atoms with Crippen molar-refractivity contribution in [2.75, 3.05) is 7.11 Å². The number of hydrogen-bond acceptors (Lipinski definition) is 6. The van der Waals surface area contributed by atoms with Gasteiger partial charge in [0, 0.05) is 6.42 Å². The van der Waals surface area contributed by atoms with Crippen LogP contribution >= 0.6 is 11.3 Å². The van der Waals surface area contributed by atoms with Crippen LogP contribution in [0.4, 0.5) is 0 Å². The Balaban J connectivity index is 1.71. The zero-order chi connectivity index (χ0) is 22.2. The highest BCUT2D eigenvalue weighted by Crippen LogP contribution is 2.22. The maximum atomic E-state index is 12.9. The van der Waals surface area contributed by atoms with Gasteiger partial charge in [-0.1, -0.05) is 68.5 Å². The zero-order valence-electron chi connectivity index (χ0n) is 17.9. The molecule has 0 amide bonds. The van der Waals surface area contributed by atoms with Gasteiger partial charge in [-0.3, -0.25) is 9.59 Å². The SMILES string of the molecule is COc1ccc(Cc2nn3c(=O)c(=Cc4ccc(C(C)(C)C)cc4)sc3nc2=O)cc1. The Morgan fingerprint density at radius 3 is 2.32 bits per heavy atom. The number of methoxy groups -OCH3 is 1. The van der Waals surface area contributed by atoms with Gasteiger partial charge in [0.1, 0.15) is 11.4 Å². The number of nitrogens with zero attached hydrogens (tertiary/aromatic N) is 3. The molecule has 0 bridgehead atoms. The second kappa shape index (κ2) is 8.07. The first-order valence-corrected chi connectivity index (χ1v) is 10.7. The molecular formula is C24H23N3O3S. The first-order valence-electron chi connectivity index (χ1n) is 9.92. The summed E-state index contributed by atoms with van der Waals surface area (Å²) in [6, 6.07) is 15.5. The molecule has 0 atom stereocenters. The lowest BCUT2D eigenvalue weighted by molar-refractivity contribution is 0.414. The van der Waals surface area contributed by atoms with Crippen molar-refractivity contribution in [3.05, 3.63) is 96.2 Å². The first-order chi connectivity index (χ1) is 14.7. The van der Waals surface area contributed by atoms with Crippen molar-refractivity contribution in [2.24, 2.45) is 0 Å². The number of rotatable bonds is 4. The minimum absolute atomic E-state index is 0.0638. The molecule has 158 valence electrons. The predicted molar refractivity (Wildman–Crippen MR) is 123 cm³/mol. The predicted octanol–water partition coefficient (Wildman–Crippen LogP) is 2.96. The number of benzene rings is 2. The Morgan fingerprint density at radius 1 is 1.03 bits per heavy atom. The summed E-state index contributed by atoms with van der Waals surface area (Å²) in [6.45, 7) is 6.47. The van der Waals surface area contributed by atoms with E-state index in [9.17, 15) is 9.59 Å². The smallest absolute Gasteiger partial charge is 0.296 e. The van der Waals surface area contributed by atoms with Gasteiger partial charge in [-0.05, 0) is 40.3 Å². The molecule has 4 aromatic rings. The van der Waals surface area contributed by atoms with E-state index >= 15 is 0 Å². The minimum Gasteiger partial charge on any atom is -0.497 e. The van der Waals surface area contributed by atoms with Crippen LogP contribution in [0.25, 0.3) is 11.0 Å². The van der Waals surface area contributed by atoms with Crippen LogP contribution in [0.2, 0.25) is 0 Å². The van der Waals surface area contributed by atoms with E-state index in [0.29, 0.717) is 15.9 Å². The molecule has 0 aliphatic rings. The largest absolute Gasteiger partial charge is 0.497 e. The van der Waals surface area contributed by atoms with Crippen molar-refractivity contribution in [3.63, 3.8) is 0 Å². The normalized spacial score (nSPS) is 12.5. The molecule has 0 aliphatic carbocycles. The molecule has 0 radical (unpaired) electrons. The average molecular weight is 434 g/mol. The molecule has 4 rings (SSSR count). The van der Waals surface area contributed by atoms with Gasteiger partial charge in [-0.15, -0.1) is 0 Å². The van der Waals surface area contributed by atoms with Crippen LogP contribution in [0, 0.1) is 0 Å². The Hall–Kier alpha value is -3.32. The molecule has 0 saturated heterocycles. The molecule has 0 unspecified atom stereocenters. The fourth-order valence-corrected chi connectivity index (χ4v) is 4.12. The molecule has 2 aromatic heterocycles. The lowest BCUT2D eigenvalue weighted by Crippen LogP contribution is -2.28. The van der Waals surface area contributed by atoms with Crippen LogP contribution in [-0.4, -0.2) is 21.7 Å². The standard InChI is InChI=1S/C24H23N3O3S/c1-24(2,3)17-9-5-16(6-10-17)14-20-22(29)27-23(31-20)25-21(28)19(26-27)13-15-7-11-18(30-4)12-8-15/h5-12,14H,13H2,1-4H3. The van der Waals surface area contributed by atoms with Gasteiger partial charge < -0.3 is 4.74 Å². The molecule has 6 nitrogen and oxygen atoms in total. The summed E-state index contributed by atoms with van der Waals surface area (Å²) >= 11 is 1.17. The molecule has 2 aromatic carbocycles. The Morgan fingerprint density at radius 2 is 1.71 bits per heavy atom. The second-order valence-corrected chi connectivity index (χ2v) is 9.38. The van der Waals surface area contributed by atoms with Crippen LogP contribution in [0.1, 0.15) is 43.2 Å². The van der Waals surface area contributed by atoms with E-state index in [1.165, 1.54) is 21.4 Å². The summed E-state index contributed by atoms with van der Waals surface area (Å²) in [4.78, 5) is 29.7. The van der Waals surface area contributed by atoms with Crippen molar-refractivity contribution >= 4 is 22.4 Å². The first kappa shape index (κ1) is 20.9. The number of hydrogen-bond donors (Lipinski definition) is 0. The maximum Gasteiger partial charge on any atom is 0.296 e. The van der Waals surface area contributed by atoms with Crippen molar-refractivity contribution < 1.29 is 4.74 Å². The van der Waals surface area contributed by atoms with Gasteiger partial charge in [0.05, 0.1) is 11.6 Å². The zero-order valence-corrected chi connectivity index (χ0v) is 18.7. The molecule has 2 heterocycles. The third kappa shape index (κ3) is 4.41. The second-order valence-electron chi connectivity index (χ2n) is 8.37. The third-order valence-corrected chi connectivity index (χ3v) is 6.01. The van der Waals surface area contributed by atoms with Crippen LogP contribution in [0.15, 0.2) is 58.1 Å². The Kier molecular flexibility index (Phi) is 5.45. The van der Waals surface area contributed by atoms with Crippen LogP contribution in [0.3, 0.4) is 0 Å². The molecule has 0 spiro atoms. The Bertz CT molecular complexity index is 1400. The van der Waals surface area contributed by atoms with Crippen LogP contribution in [0.5, 0.6) is 5.75 Å². The van der Waals surface area contributed by atoms with Gasteiger partial charge in [0.2, 0.25) is 4.96 Å². The molecule has 7 heteroatoms. The fourth-order valence-electron chi connectivity index (χ4n) is 3.22. The number of ether oxygens (including phenoxy) is 1. The van der Waals surface area contributed by atoms with E-state index in [0.717, 1.165) is 16.9 Å². The summed E-state index contributed by atoms with van der Waals surface area (Å²) in [5.41, 5.74) is 2.63. The third-order valence-electron chi connectivity index (χ3n) is 5.06. The summed E-state index contributed by atoms with van der Waals surface area (Å²) in [5, 5.41) is 4.31. The topological polar surface area (TPSA) is 73.6 Å². The average Bonchev–Trinajstić information content (AvgIpc) is 3.03. The summed E-state index contributed by atoms with van der Waals surface area (Å²) in [6.07, 6.45) is 2.10. The van der Waals surface area contributed by atoms with Crippen molar-refractivity contribution in [1.29, 1.82) is 0 Å². The highest BCUT2D eigenvalue weighted by atomic mass is 32.1. The van der Waals surface area contributed by atoms with E-state index in [-0.39, 0.29) is 16.7 Å². The highest BCUT2D eigenvalue weighted by Gasteiger charge is 2.14. The van der Waals surface area contributed by atoms with Gasteiger partial charge in [0.15, 0.2) is 0 Å². The van der Waals surface area contributed by atoms with E-state index in [1.54, 1.807) is 7.11 Å². The van der Waals surface area contributed by atoms with Crippen molar-refractivity contribution in [3.8, 4) is 5.75 Å².